The van der Waals surface area contributed by atoms with Gasteiger partial charge in [-0.2, -0.15) is 0 Å². The van der Waals surface area contributed by atoms with Gasteiger partial charge in [-0.3, -0.25) is 29.1 Å². The standard InChI is InChI=1S/C24H24N4O5S/c1-16-21(24(31)26-12-6-3-7-13-26)23(34-22(16)17-8-4-2-5-9-17)25-19(29)15-27-14-18(28(32)33)10-11-20(27)30/h2,4-5,8-11,14H,3,6-7,12-13,15H2,1H3,(H,25,29). The molecule has 0 radical (unpaired) electrons. The molecular formula is C24H24N4O5S. The largest absolute Gasteiger partial charge is 0.339 e. The lowest BCUT2D eigenvalue weighted by Gasteiger charge is -2.27. The predicted molar refractivity (Wildman–Crippen MR) is 130 cm³/mol. The molecule has 10 heteroatoms. The molecule has 34 heavy (non-hydrogen) atoms. The van der Waals surface area contributed by atoms with Crippen molar-refractivity contribution in [3.05, 3.63) is 80.3 Å². The molecular weight excluding hydrogens is 456 g/mol. The molecule has 176 valence electrons. The lowest BCUT2D eigenvalue weighted by molar-refractivity contribution is -0.385. The van der Waals surface area contributed by atoms with E-state index in [1.807, 2.05) is 42.2 Å². The third-order valence-electron chi connectivity index (χ3n) is 5.79. The molecule has 1 aliphatic rings. The van der Waals surface area contributed by atoms with E-state index in [4.69, 9.17) is 0 Å². The van der Waals surface area contributed by atoms with Crippen molar-refractivity contribution in [1.82, 2.24) is 9.47 Å². The number of rotatable bonds is 6. The Hall–Kier alpha value is -3.79. The average Bonchev–Trinajstić information content (AvgIpc) is 3.16. The van der Waals surface area contributed by atoms with E-state index in [-0.39, 0.29) is 11.6 Å². The van der Waals surface area contributed by atoms with Crippen LogP contribution in [0.15, 0.2) is 53.5 Å². The van der Waals surface area contributed by atoms with Gasteiger partial charge in [-0.1, -0.05) is 30.3 Å². The van der Waals surface area contributed by atoms with Gasteiger partial charge in [0.25, 0.3) is 17.2 Å². The van der Waals surface area contributed by atoms with Crippen molar-refractivity contribution in [1.29, 1.82) is 0 Å². The molecule has 1 aromatic carbocycles. The Kier molecular flexibility index (Phi) is 6.87. The van der Waals surface area contributed by atoms with Crippen LogP contribution < -0.4 is 10.9 Å². The number of amides is 2. The number of nitrogens with one attached hydrogen (secondary N) is 1. The molecule has 4 rings (SSSR count). The van der Waals surface area contributed by atoms with Crippen LogP contribution >= 0.6 is 11.3 Å². The third-order valence-corrected chi connectivity index (χ3v) is 7.04. The fourth-order valence-corrected chi connectivity index (χ4v) is 5.27. The summed E-state index contributed by atoms with van der Waals surface area (Å²) in [6, 6.07) is 11.8. The van der Waals surface area contributed by atoms with Gasteiger partial charge in [-0.25, -0.2) is 0 Å². The fraction of sp³-hybridized carbons (Fsp3) is 0.292. The highest BCUT2D eigenvalue weighted by Gasteiger charge is 2.28. The summed E-state index contributed by atoms with van der Waals surface area (Å²) in [6.07, 6.45) is 4.01. The first-order valence-electron chi connectivity index (χ1n) is 11.0. The summed E-state index contributed by atoms with van der Waals surface area (Å²) in [5, 5.41) is 14.2. The molecule has 1 saturated heterocycles. The van der Waals surface area contributed by atoms with E-state index in [0.717, 1.165) is 58.2 Å². The highest BCUT2D eigenvalue weighted by atomic mass is 32.1. The summed E-state index contributed by atoms with van der Waals surface area (Å²) in [5.74, 6) is -0.672. The molecule has 1 N–H and O–H groups in total. The number of pyridine rings is 1. The second kappa shape index (κ2) is 10.0. The normalized spacial score (nSPS) is 13.5. The van der Waals surface area contributed by atoms with E-state index in [1.54, 1.807) is 0 Å². The van der Waals surface area contributed by atoms with Crippen LogP contribution in [0, 0.1) is 17.0 Å². The smallest absolute Gasteiger partial charge is 0.285 e. The highest BCUT2D eigenvalue weighted by Crippen LogP contribution is 2.40. The molecule has 0 unspecified atom stereocenters. The molecule has 3 heterocycles. The van der Waals surface area contributed by atoms with Gasteiger partial charge >= 0.3 is 0 Å². The highest BCUT2D eigenvalue weighted by molar-refractivity contribution is 7.20. The molecule has 1 aliphatic heterocycles. The average molecular weight is 481 g/mol. The van der Waals surface area contributed by atoms with Gasteiger partial charge in [0.2, 0.25) is 5.91 Å². The summed E-state index contributed by atoms with van der Waals surface area (Å²) in [7, 11) is 0. The molecule has 0 atom stereocenters. The number of hydrogen-bond acceptors (Lipinski definition) is 6. The summed E-state index contributed by atoms with van der Waals surface area (Å²) in [5.41, 5.74) is 1.36. The summed E-state index contributed by atoms with van der Waals surface area (Å²) < 4.78 is 0.984. The maximum atomic E-state index is 13.5. The van der Waals surface area contributed by atoms with Crippen LogP contribution in [-0.2, 0) is 11.3 Å². The zero-order valence-electron chi connectivity index (χ0n) is 18.7. The van der Waals surface area contributed by atoms with Gasteiger partial charge in [0.1, 0.15) is 11.5 Å². The van der Waals surface area contributed by atoms with Gasteiger partial charge in [0.05, 0.1) is 16.7 Å². The third kappa shape index (κ3) is 4.91. The molecule has 2 amide bonds. The molecule has 1 fully saturated rings. The van der Waals surface area contributed by atoms with Crippen molar-refractivity contribution in [2.75, 3.05) is 18.4 Å². The maximum absolute atomic E-state index is 13.5. The number of nitro groups is 1. The first-order chi connectivity index (χ1) is 16.3. The number of likely N-dealkylation sites (tertiary alicyclic amines) is 1. The number of carbonyl (C=O) groups is 2. The Morgan fingerprint density at radius 2 is 1.79 bits per heavy atom. The number of benzene rings is 1. The minimum Gasteiger partial charge on any atom is -0.339 e. The van der Waals surface area contributed by atoms with Crippen molar-refractivity contribution in [3.63, 3.8) is 0 Å². The Labute approximate surface area is 199 Å². The van der Waals surface area contributed by atoms with Crippen molar-refractivity contribution in [2.45, 2.75) is 32.7 Å². The van der Waals surface area contributed by atoms with Crippen LogP contribution in [0.2, 0.25) is 0 Å². The van der Waals surface area contributed by atoms with Gasteiger partial charge in [-0.05, 0) is 37.3 Å². The molecule has 2 aromatic heterocycles. The molecule has 0 bridgehead atoms. The summed E-state index contributed by atoms with van der Waals surface area (Å²) in [6.45, 7) is 2.81. The minimum atomic E-state index is -0.627. The van der Waals surface area contributed by atoms with Crippen LogP contribution in [0.1, 0.15) is 35.2 Å². The van der Waals surface area contributed by atoms with Crippen LogP contribution in [0.25, 0.3) is 10.4 Å². The van der Waals surface area contributed by atoms with Crippen LogP contribution in [0.5, 0.6) is 0 Å². The summed E-state index contributed by atoms with van der Waals surface area (Å²) in [4.78, 5) is 51.5. The van der Waals surface area contributed by atoms with Crippen molar-refractivity contribution in [2.24, 2.45) is 0 Å². The summed E-state index contributed by atoms with van der Waals surface area (Å²) >= 11 is 1.31. The molecule has 0 spiro atoms. The van der Waals surface area contributed by atoms with Crippen molar-refractivity contribution >= 4 is 33.8 Å². The van der Waals surface area contributed by atoms with E-state index in [9.17, 15) is 24.5 Å². The van der Waals surface area contributed by atoms with Gasteiger partial charge in [-0.15, -0.1) is 11.3 Å². The van der Waals surface area contributed by atoms with E-state index >= 15 is 0 Å². The Morgan fingerprint density at radius 1 is 1.09 bits per heavy atom. The second-order valence-corrected chi connectivity index (χ2v) is 9.16. The lowest BCUT2D eigenvalue weighted by Crippen LogP contribution is -2.36. The van der Waals surface area contributed by atoms with Crippen molar-refractivity contribution in [3.8, 4) is 10.4 Å². The SMILES string of the molecule is Cc1c(-c2ccccc2)sc(NC(=O)Cn2cc([N+](=O)[O-])ccc2=O)c1C(=O)N1CCCCC1. The molecule has 3 aromatic rings. The Morgan fingerprint density at radius 3 is 2.47 bits per heavy atom. The van der Waals surface area contributed by atoms with Crippen molar-refractivity contribution < 1.29 is 14.5 Å². The Balaban J connectivity index is 1.67. The lowest BCUT2D eigenvalue weighted by atomic mass is 10.0. The number of thiophene rings is 1. The first kappa shape index (κ1) is 23.4. The monoisotopic (exact) mass is 480 g/mol. The van der Waals surface area contributed by atoms with Gasteiger partial charge in [0.15, 0.2) is 0 Å². The second-order valence-electron chi connectivity index (χ2n) is 8.14. The fourth-order valence-electron chi connectivity index (χ4n) is 4.05. The zero-order chi connectivity index (χ0) is 24.2. The maximum Gasteiger partial charge on any atom is 0.285 e. The molecule has 9 nitrogen and oxygen atoms in total. The minimum absolute atomic E-state index is 0.126. The number of carbonyl (C=O) groups excluding carboxylic acids is 2. The molecule has 0 saturated carbocycles. The number of nitrogens with zero attached hydrogens (tertiary/aromatic N) is 3. The van der Waals surface area contributed by atoms with Gasteiger partial charge in [0, 0.05) is 30.1 Å². The molecule has 0 aliphatic carbocycles. The number of hydrogen-bond donors (Lipinski definition) is 1. The van der Waals surface area contributed by atoms with Crippen LogP contribution in [0.4, 0.5) is 10.7 Å². The van der Waals surface area contributed by atoms with Crippen LogP contribution in [-0.4, -0.2) is 39.3 Å². The van der Waals surface area contributed by atoms with E-state index in [1.165, 1.54) is 11.3 Å². The Bertz CT molecular complexity index is 1290. The topological polar surface area (TPSA) is 115 Å². The number of anilines is 1. The number of aromatic nitrogens is 1. The first-order valence-corrected chi connectivity index (χ1v) is 11.8. The zero-order valence-corrected chi connectivity index (χ0v) is 19.5. The van der Waals surface area contributed by atoms with Gasteiger partial charge < -0.3 is 10.2 Å². The van der Waals surface area contributed by atoms with E-state index in [0.29, 0.717) is 23.7 Å². The van der Waals surface area contributed by atoms with Crippen LogP contribution in [0.3, 0.4) is 0 Å². The predicted octanol–water partition coefficient (Wildman–Crippen LogP) is 4.06. The van der Waals surface area contributed by atoms with E-state index < -0.39 is 22.9 Å². The quantitative estimate of drug-likeness (QED) is 0.422. The van der Waals surface area contributed by atoms with E-state index in [2.05, 4.69) is 5.32 Å². The number of piperidine rings is 1.